The van der Waals surface area contributed by atoms with Crippen LogP contribution >= 0.6 is 11.3 Å². The third kappa shape index (κ3) is 3.79. The third-order valence-corrected chi connectivity index (χ3v) is 7.38. The number of hydrogen-bond acceptors (Lipinski definition) is 5. The van der Waals surface area contributed by atoms with Crippen molar-refractivity contribution in [2.24, 2.45) is 0 Å². The number of aromatic amines is 1. The van der Waals surface area contributed by atoms with Crippen LogP contribution in [0.2, 0.25) is 0 Å². The van der Waals surface area contributed by atoms with Crippen molar-refractivity contribution >= 4 is 27.5 Å². The summed E-state index contributed by atoms with van der Waals surface area (Å²) >= 11 is 1.68. The molecule has 7 heteroatoms. The van der Waals surface area contributed by atoms with E-state index in [4.69, 9.17) is 4.98 Å². The number of nitrogens with zero attached hydrogens (tertiary/aromatic N) is 3. The lowest BCUT2D eigenvalue weighted by atomic mass is 10.1. The summed E-state index contributed by atoms with van der Waals surface area (Å²) in [6.07, 6.45) is 3.67. The van der Waals surface area contributed by atoms with Gasteiger partial charge in [0, 0.05) is 31.1 Å². The summed E-state index contributed by atoms with van der Waals surface area (Å²) < 4.78 is 0. The van der Waals surface area contributed by atoms with Gasteiger partial charge in [0.1, 0.15) is 10.7 Å². The number of amides is 1. The van der Waals surface area contributed by atoms with Gasteiger partial charge in [0.05, 0.1) is 18.4 Å². The molecule has 0 bridgehead atoms. The Kier molecular flexibility index (Phi) is 5.16. The molecule has 1 saturated heterocycles. The summed E-state index contributed by atoms with van der Waals surface area (Å²) in [5, 5.41) is 0.808. The van der Waals surface area contributed by atoms with Crippen LogP contribution in [0.1, 0.15) is 33.8 Å². The Hall–Kier alpha value is -2.51. The highest BCUT2D eigenvalue weighted by Gasteiger charge is 2.24. The Morgan fingerprint density at radius 1 is 1.13 bits per heavy atom. The van der Waals surface area contributed by atoms with Crippen LogP contribution < -0.4 is 5.56 Å². The van der Waals surface area contributed by atoms with Crippen LogP contribution in [0.4, 0.5) is 0 Å². The molecule has 1 aliphatic heterocycles. The molecule has 1 amide bonds. The molecule has 0 unspecified atom stereocenters. The quantitative estimate of drug-likeness (QED) is 0.702. The molecule has 1 aliphatic carbocycles. The molecule has 6 nitrogen and oxygen atoms in total. The first-order valence-electron chi connectivity index (χ1n) is 10.7. The zero-order valence-corrected chi connectivity index (χ0v) is 18.1. The zero-order valence-electron chi connectivity index (χ0n) is 17.2. The Bertz CT molecular complexity index is 1140. The maximum Gasteiger partial charge on any atom is 0.259 e. The molecular formula is C23H26N4O2S. The fraction of sp³-hybridized carbons (Fsp3) is 0.435. The van der Waals surface area contributed by atoms with E-state index in [1.807, 2.05) is 29.2 Å². The number of carbonyl (C=O) groups excluding carboxylic acids is 1. The van der Waals surface area contributed by atoms with Crippen molar-refractivity contribution in [2.45, 2.75) is 39.2 Å². The molecule has 0 atom stereocenters. The van der Waals surface area contributed by atoms with Crippen LogP contribution in [0.25, 0.3) is 10.2 Å². The fourth-order valence-corrected chi connectivity index (χ4v) is 5.76. The van der Waals surface area contributed by atoms with Gasteiger partial charge in [-0.2, -0.15) is 0 Å². The van der Waals surface area contributed by atoms with Gasteiger partial charge in [-0.1, -0.05) is 29.8 Å². The molecule has 30 heavy (non-hydrogen) atoms. The number of piperazine rings is 1. The Labute approximate surface area is 179 Å². The maximum absolute atomic E-state index is 12.6. The van der Waals surface area contributed by atoms with Gasteiger partial charge < -0.3 is 9.88 Å². The van der Waals surface area contributed by atoms with Crippen LogP contribution in [0.5, 0.6) is 0 Å². The highest BCUT2D eigenvalue weighted by atomic mass is 32.1. The minimum Gasteiger partial charge on any atom is -0.340 e. The maximum atomic E-state index is 12.6. The van der Waals surface area contributed by atoms with Gasteiger partial charge in [0.15, 0.2) is 0 Å². The van der Waals surface area contributed by atoms with Crippen LogP contribution in [0.15, 0.2) is 29.1 Å². The van der Waals surface area contributed by atoms with E-state index >= 15 is 0 Å². The second-order valence-electron chi connectivity index (χ2n) is 8.37. The molecule has 0 spiro atoms. The minimum absolute atomic E-state index is 0.00121. The Balaban J connectivity index is 1.20. The second kappa shape index (κ2) is 7.96. The first-order valence-corrected chi connectivity index (χ1v) is 11.5. The molecule has 156 valence electrons. The van der Waals surface area contributed by atoms with Gasteiger partial charge in [-0.3, -0.25) is 14.5 Å². The number of aromatic nitrogens is 2. The average molecular weight is 423 g/mol. The van der Waals surface area contributed by atoms with Crippen molar-refractivity contribution in [1.82, 2.24) is 19.8 Å². The molecule has 1 aromatic carbocycles. The molecule has 3 heterocycles. The molecule has 3 aromatic rings. The number of thiophene rings is 1. The summed E-state index contributed by atoms with van der Waals surface area (Å²) in [6, 6.07) is 8.16. The van der Waals surface area contributed by atoms with Crippen molar-refractivity contribution in [3.05, 3.63) is 62.0 Å². The fourth-order valence-electron chi connectivity index (χ4n) is 4.48. The lowest BCUT2D eigenvalue weighted by molar-refractivity contribution is -0.132. The molecule has 5 rings (SSSR count). The third-order valence-electron chi connectivity index (χ3n) is 6.20. The summed E-state index contributed by atoms with van der Waals surface area (Å²) in [5.41, 5.74) is 3.49. The van der Waals surface area contributed by atoms with E-state index in [-0.39, 0.29) is 11.5 Å². The highest BCUT2D eigenvalue weighted by Crippen LogP contribution is 2.34. The number of H-pyrrole nitrogens is 1. The molecule has 1 fully saturated rings. The number of benzene rings is 1. The van der Waals surface area contributed by atoms with Crippen molar-refractivity contribution in [3.63, 3.8) is 0 Å². The van der Waals surface area contributed by atoms with Gasteiger partial charge in [0.25, 0.3) is 5.56 Å². The number of fused-ring (bicyclic) bond motifs is 3. The second-order valence-corrected chi connectivity index (χ2v) is 9.45. The van der Waals surface area contributed by atoms with Gasteiger partial charge in [-0.05, 0) is 37.3 Å². The summed E-state index contributed by atoms with van der Waals surface area (Å²) in [7, 11) is 0. The summed E-state index contributed by atoms with van der Waals surface area (Å²) in [5.74, 6) is 0.909. The zero-order chi connectivity index (χ0) is 20.7. The van der Waals surface area contributed by atoms with Crippen molar-refractivity contribution in [1.29, 1.82) is 0 Å². The largest absolute Gasteiger partial charge is 0.340 e. The van der Waals surface area contributed by atoms with E-state index in [2.05, 4.69) is 16.8 Å². The first kappa shape index (κ1) is 19.5. The molecule has 1 N–H and O–H groups in total. The van der Waals surface area contributed by atoms with Gasteiger partial charge in [0.2, 0.25) is 5.91 Å². The van der Waals surface area contributed by atoms with E-state index in [0.717, 1.165) is 54.0 Å². The molecule has 0 radical (unpaired) electrons. The number of aryl methyl sites for hydroxylation is 3. The minimum atomic E-state index is 0.00121. The Morgan fingerprint density at radius 2 is 1.90 bits per heavy atom. The molecule has 2 aliphatic rings. The number of carbonyl (C=O) groups is 1. The Morgan fingerprint density at radius 3 is 2.67 bits per heavy atom. The molecule has 2 aromatic heterocycles. The van der Waals surface area contributed by atoms with Gasteiger partial charge in [-0.25, -0.2) is 4.98 Å². The van der Waals surface area contributed by atoms with E-state index in [1.165, 1.54) is 16.0 Å². The van der Waals surface area contributed by atoms with E-state index in [1.54, 1.807) is 11.3 Å². The lowest BCUT2D eigenvalue weighted by Crippen LogP contribution is -2.49. The number of nitrogens with one attached hydrogen (secondary N) is 1. The normalized spacial score (nSPS) is 16.9. The standard InChI is InChI=1S/C23H26N4O2S/c1-15-5-7-16(8-6-15)13-20(28)27-11-9-26(10-12-27)14-19-24-22(29)21-17-3-2-4-18(17)30-23(21)25-19/h5-8H,2-4,9-14H2,1H3,(H,24,25,29). The predicted octanol–water partition coefficient (Wildman–Crippen LogP) is 2.67. The predicted molar refractivity (Wildman–Crippen MR) is 119 cm³/mol. The summed E-state index contributed by atoms with van der Waals surface area (Å²) in [6.45, 7) is 5.68. The monoisotopic (exact) mass is 422 g/mol. The average Bonchev–Trinajstić information content (AvgIpc) is 3.31. The smallest absolute Gasteiger partial charge is 0.259 e. The van der Waals surface area contributed by atoms with Crippen LogP contribution in [0, 0.1) is 6.92 Å². The van der Waals surface area contributed by atoms with E-state index in [0.29, 0.717) is 26.1 Å². The van der Waals surface area contributed by atoms with Crippen LogP contribution in [0.3, 0.4) is 0 Å². The lowest BCUT2D eigenvalue weighted by Gasteiger charge is -2.34. The molecule has 0 saturated carbocycles. The van der Waals surface area contributed by atoms with Crippen molar-refractivity contribution in [3.8, 4) is 0 Å². The van der Waals surface area contributed by atoms with E-state index in [9.17, 15) is 9.59 Å². The van der Waals surface area contributed by atoms with E-state index < -0.39 is 0 Å². The van der Waals surface area contributed by atoms with Gasteiger partial charge in [-0.15, -0.1) is 11.3 Å². The van der Waals surface area contributed by atoms with Crippen LogP contribution in [-0.4, -0.2) is 51.9 Å². The van der Waals surface area contributed by atoms with Crippen molar-refractivity contribution < 1.29 is 4.79 Å². The topological polar surface area (TPSA) is 69.3 Å². The SMILES string of the molecule is Cc1ccc(CC(=O)N2CCN(Cc3nc4sc5c(c4c(=O)[nH]3)CCC5)CC2)cc1. The molecular weight excluding hydrogens is 396 g/mol. The number of hydrogen-bond donors (Lipinski definition) is 1. The van der Waals surface area contributed by atoms with Gasteiger partial charge >= 0.3 is 0 Å². The first-order chi connectivity index (χ1) is 14.6. The number of rotatable bonds is 4. The van der Waals surface area contributed by atoms with Crippen molar-refractivity contribution in [2.75, 3.05) is 26.2 Å². The highest BCUT2D eigenvalue weighted by molar-refractivity contribution is 7.18. The summed E-state index contributed by atoms with van der Waals surface area (Å²) in [4.78, 5) is 39.4. The van der Waals surface area contributed by atoms with Crippen LogP contribution in [-0.2, 0) is 30.6 Å².